The largest absolute Gasteiger partial charge is 0.449 e. The Morgan fingerprint density at radius 2 is 2.00 bits per heavy atom. The summed E-state index contributed by atoms with van der Waals surface area (Å²) in [6.45, 7) is 4.00. The van der Waals surface area contributed by atoms with Gasteiger partial charge in [0.1, 0.15) is 0 Å². The molecule has 10 heavy (non-hydrogen) atoms. The van der Waals surface area contributed by atoms with Crippen molar-refractivity contribution >= 4 is 5.69 Å². The van der Waals surface area contributed by atoms with Crippen molar-refractivity contribution in [3.05, 3.63) is 29.3 Å². The number of rotatable bonds is 0. The first-order valence-corrected chi connectivity index (χ1v) is 2.94. The quantitative estimate of drug-likeness (QED) is 0.466. The zero-order valence-electron chi connectivity index (χ0n) is 6.18. The first-order chi connectivity index (χ1) is 4.20. The standard InChI is InChI=1S/C8H10N.V/c1-6-3-4-8(9)7(2)5-6;/h4-5H,9H2,1-2H3;/q-1;. The molecule has 0 aliphatic carbocycles. The van der Waals surface area contributed by atoms with Gasteiger partial charge >= 0.3 is 0 Å². The molecule has 0 amide bonds. The van der Waals surface area contributed by atoms with Crippen LogP contribution in [0.4, 0.5) is 5.69 Å². The van der Waals surface area contributed by atoms with Gasteiger partial charge in [0, 0.05) is 18.6 Å². The number of benzene rings is 1. The Labute approximate surface area is 73.5 Å². The summed E-state index contributed by atoms with van der Waals surface area (Å²) in [5.74, 6) is 0. The minimum atomic E-state index is 0. The fourth-order valence-electron chi connectivity index (χ4n) is 0.755. The van der Waals surface area contributed by atoms with Crippen molar-refractivity contribution in [2.45, 2.75) is 13.8 Å². The molecule has 0 saturated carbocycles. The van der Waals surface area contributed by atoms with Crippen LogP contribution in [0.25, 0.3) is 0 Å². The number of hydrogen-bond donors (Lipinski definition) is 1. The molecule has 2 N–H and O–H groups in total. The molecule has 0 unspecified atom stereocenters. The van der Waals surface area contributed by atoms with Gasteiger partial charge in [0.15, 0.2) is 0 Å². The second-order valence-corrected chi connectivity index (χ2v) is 2.25. The third kappa shape index (κ3) is 2.09. The van der Waals surface area contributed by atoms with E-state index in [4.69, 9.17) is 5.73 Å². The molecule has 0 spiro atoms. The van der Waals surface area contributed by atoms with Gasteiger partial charge in [-0.2, -0.15) is 23.8 Å². The molecule has 1 nitrogen and oxygen atoms in total. The van der Waals surface area contributed by atoms with Crippen LogP contribution in [0.3, 0.4) is 0 Å². The van der Waals surface area contributed by atoms with Gasteiger partial charge in [0.05, 0.1) is 0 Å². The van der Waals surface area contributed by atoms with Crippen molar-refractivity contribution in [3.8, 4) is 0 Å². The second kappa shape index (κ2) is 3.69. The van der Waals surface area contributed by atoms with Crippen molar-refractivity contribution in [2.24, 2.45) is 0 Å². The molecule has 1 radical (unpaired) electrons. The zero-order valence-corrected chi connectivity index (χ0v) is 7.58. The first-order valence-electron chi connectivity index (χ1n) is 2.94. The molecule has 0 aliphatic rings. The smallest absolute Gasteiger partial charge is 0 e. The maximum atomic E-state index is 5.56. The Kier molecular flexibility index (Phi) is 3.55. The number of nitrogens with two attached hydrogens (primary N) is 1. The van der Waals surface area contributed by atoms with E-state index < -0.39 is 0 Å². The normalized spacial score (nSPS) is 8.60. The van der Waals surface area contributed by atoms with Crippen LogP contribution in [0, 0.1) is 19.9 Å². The maximum Gasteiger partial charge on any atom is 0 e. The van der Waals surface area contributed by atoms with Crippen LogP contribution in [0.5, 0.6) is 0 Å². The van der Waals surface area contributed by atoms with Crippen LogP contribution in [0.2, 0.25) is 0 Å². The van der Waals surface area contributed by atoms with E-state index in [9.17, 15) is 0 Å². The van der Waals surface area contributed by atoms with E-state index in [0.717, 1.165) is 16.8 Å². The van der Waals surface area contributed by atoms with Crippen molar-refractivity contribution in [2.75, 3.05) is 5.73 Å². The van der Waals surface area contributed by atoms with Gasteiger partial charge in [-0.1, -0.05) is 19.5 Å². The maximum absolute atomic E-state index is 5.56. The van der Waals surface area contributed by atoms with Gasteiger partial charge in [-0.25, -0.2) is 0 Å². The molecular weight excluding hydrogens is 161 g/mol. The van der Waals surface area contributed by atoms with Gasteiger partial charge in [-0.15, -0.1) is 5.56 Å². The fourth-order valence-corrected chi connectivity index (χ4v) is 0.755. The predicted octanol–water partition coefficient (Wildman–Crippen LogP) is 1.68. The van der Waals surface area contributed by atoms with Crippen LogP contribution < -0.4 is 5.73 Å². The molecule has 0 aliphatic heterocycles. The third-order valence-corrected chi connectivity index (χ3v) is 1.34. The van der Waals surface area contributed by atoms with Crippen LogP contribution in [-0.4, -0.2) is 0 Å². The van der Waals surface area contributed by atoms with Crippen molar-refractivity contribution in [1.29, 1.82) is 0 Å². The summed E-state index contributed by atoms with van der Waals surface area (Å²) >= 11 is 0. The Morgan fingerprint density at radius 3 is 2.40 bits per heavy atom. The average molecular weight is 171 g/mol. The van der Waals surface area contributed by atoms with E-state index in [1.54, 1.807) is 0 Å². The van der Waals surface area contributed by atoms with Gasteiger partial charge in [-0.3, -0.25) is 0 Å². The Morgan fingerprint density at radius 1 is 1.40 bits per heavy atom. The molecule has 1 rings (SSSR count). The summed E-state index contributed by atoms with van der Waals surface area (Å²) in [6, 6.07) is 6.85. The van der Waals surface area contributed by atoms with E-state index >= 15 is 0 Å². The van der Waals surface area contributed by atoms with Crippen LogP contribution in [0.1, 0.15) is 11.1 Å². The van der Waals surface area contributed by atoms with Crippen molar-refractivity contribution < 1.29 is 18.6 Å². The summed E-state index contributed by atoms with van der Waals surface area (Å²) in [5.41, 5.74) is 8.65. The Hall–Kier alpha value is -0.396. The topological polar surface area (TPSA) is 26.0 Å². The molecule has 0 heterocycles. The molecule has 0 bridgehead atoms. The summed E-state index contributed by atoms with van der Waals surface area (Å²) in [6.07, 6.45) is 0. The second-order valence-electron chi connectivity index (χ2n) is 2.25. The molecule has 0 atom stereocenters. The van der Waals surface area contributed by atoms with E-state index in [2.05, 4.69) is 6.07 Å². The van der Waals surface area contributed by atoms with Gasteiger partial charge in [0.25, 0.3) is 0 Å². The van der Waals surface area contributed by atoms with E-state index in [0.29, 0.717) is 0 Å². The first kappa shape index (κ1) is 9.60. The van der Waals surface area contributed by atoms with E-state index in [1.165, 1.54) is 0 Å². The molecule has 53 valence electrons. The average Bonchev–Trinajstić information content (AvgIpc) is 1.80. The molecular formula is C8H10NV-. The van der Waals surface area contributed by atoms with E-state index in [-0.39, 0.29) is 18.6 Å². The number of nitrogen functional groups attached to an aromatic ring is 1. The molecule has 1 aromatic carbocycles. The molecule has 2 heteroatoms. The van der Waals surface area contributed by atoms with Gasteiger partial charge < -0.3 is 5.73 Å². The number of aryl methyl sites for hydroxylation is 2. The van der Waals surface area contributed by atoms with Crippen LogP contribution in [-0.2, 0) is 18.6 Å². The van der Waals surface area contributed by atoms with Gasteiger partial charge in [0.2, 0.25) is 0 Å². The molecule has 0 saturated heterocycles. The van der Waals surface area contributed by atoms with E-state index in [1.807, 2.05) is 26.0 Å². The molecule has 0 aromatic heterocycles. The van der Waals surface area contributed by atoms with Crippen molar-refractivity contribution in [3.63, 3.8) is 0 Å². The Balaban J connectivity index is 0.000000810. The number of hydrogen-bond acceptors (Lipinski definition) is 1. The minimum absolute atomic E-state index is 0. The zero-order chi connectivity index (χ0) is 6.85. The molecule has 0 fully saturated rings. The number of anilines is 1. The van der Waals surface area contributed by atoms with Crippen LogP contribution >= 0.6 is 0 Å². The molecule has 1 aromatic rings. The predicted molar refractivity (Wildman–Crippen MR) is 39.2 cm³/mol. The SMILES string of the molecule is Cc1[c-]cc(N)c(C)c1.[V]. The summed E-state index contributed by atoms with van der Waals surface area (Å²) in [5, 5.41) is 0. The fraction of sp³-hybridized carbons (Fsp3) is 0.250. The minimum Gasteiger partial charge on any atom is -0.449 e. The van der Waals surface area contributed by atoms with Crippen molar-refractivity contribution in [1.82, 2.24) is 0 Å². The summed E-state index contributed by atoms with van der Waals surface area (Å²) < 4.78 is 0. The monoisotopic (exact) mass is 171 g/mol. The third-order valence-electron chi connectivity index (χ3n) is 1.34. The summed E-state index contributed by atoms with van der Waals surface area (Å²) in [7, 11) is 0. The van der Waals surface area contributed by atoms with Gasteiger partial charge in [-0.05, 0) is 0 Å². The Bertz CT molecular complexity index is 220. The van der Waals surface area contributed by atoms with Crippen LogP contribution in [0.15, 0.2) is 12.1 Å². The summed E-state index contributed by atoms with van der Waals surface area (Å²) in [4.78, 5) is 0.